The van der Waals surface area contributed by atoms with Crippen molar-refractivity contribution in [1.29, 1.82) is 0 Å². The number of aromatic amines is 1. The summed E-state index contributed by atoms with van der Waals surface area (Å²) in [5.41, 5.74) is 11.5. The highest BCUT2D eigenvalue weighted by atomic mass is 15.0. The Balaban J connectivity index is 1.55. The lowest BCUT2D eigenvalue weighted by atomic mass is 9.86. The maximum absolute atomic E-state index is 5.35. The summed E-state index contributed by atoms with van der Waals surface area (Å²) in [4.78, 5) is 8.96. The summed E-state index contributed by atoms with van der Waals surface area (Å²) in [6.07, 6.45) is 9.89. The van der Waals surface area contributed by atoms with Crippen molar-refractivity contribution in [3.63, 3.8) is 0 Å². The van der Waals surface area contributed by atoms with Crippen molar-refractivity contribution in [1.82, 2.24) is 14.4 Å². The van der Waals surface area contributed by atoms with Gasteiger partial charge in [-0.05, 0) is 47.4 Å². The van der Waals surface area contributed by atoms with E-state index in [1.54, 1.807) is 0 Å². The highest BCUT2D eigenvalue weighted by molar-refractivity contribution is 6.12. The number of nitrogens with zero attached hydrogens (tertiary/aromatic N) is 2. The van der Waals surface area contributed by atoms with E-state index in [0.717, 1.165) is 34.1 Å². The predicted octanol–water partition coefficient (Wildman–Crippen LogP) is 9.06. The average Bonchev–Trinajstić information content (AvgIpc) is 3.54. The maximum atomic E-state index is 5.35. The van der Waals surface area contributed by atoms with Gasteiger partial charge in [0.1, 0.15) is 5.65 Å². The molecule has 38 heavy (non-hydrogen) atoms. The van der Waals surface area contributed by atoms with Crippen LogP contribution >= 0.6 is 0 Å². The van der Waals surface area contributed by atoms with Crippen LogP contribution in [0.25, 0.3) is 60.9 Å². The van der Waals surface area contributed by atoms with Gasteiger partial charge in [-0.3, -0.25) is 4.40 Å². The number of nitrogens with one attached hydrogen (secondary N) is 1. The van der Waals surface area contributed by atoms with Gasteiger partial charge < -0.3 is 4.98 Å². The third-order valence-corrected chi connectivity index (χ3v) is 7.84. The summed E-state index contributed by atoms with van der Waals surface area (Å²) in [5.74, 6) is 0.293. The van der Waals surface area contributed by atoms with E-state index < -0.39 is 0 Å². The molecule has 0 amide bonds. The van der Waals surface area contributed by atoms with Gasteiger partial charge in [0.15, 0.2) is 0 Å². The fraction of sp³-hybridized carbons (Fsp3) is 0.0571. The molecule has 7 aromatic rings. The van der Waals surface area contributed by atoms with Crippen LogP contribution in [0.15, 0.2) is 127 Å². The van der Waals surface area contributed by atoms with Crippen molar-refractivity contribution in [2.75, 3.05) is 0 Å². The van der Waals surface area contributed by atoms with E-state index in [9.17, 15) is 0 Å². The molecule has 3 nitrogen and oxygen atoms in total. The number of pyridine rings is 1. The van der Waals surface area contributed by atoms with Gasteiger partial charge in [-0.25, -0.2) is 4.98 Å². The Kier molecular flexibility index (Phi) is 4.65. The van der Waals surface area contributed by atoms with Crippen molar-refractivity contribution in [3.05, 3.63) is 133 Å². The van der Waals surface area contributed by atoms with Crippen LogP contribution in [0.2, 0.25) is 0 Å². The summed E-state index contributed by atoms with van der Waals surface area (Å²) >= 11 is 0. The van der Waals surface area contributed by atoms with E-state index in [1.165, 1.54) is 38.7 Å². The molecule has 0 saturated heterocycles. The molecule has 8 rings (SSSR count). The zero-order valence-corrected chi connectivity index (χ0v) is 20.8. The molecule has 1 aliphatic rings. The van der Waals surface area contributed by atoms with Crippen molar-refractivity contribution in [3.8, 4) is 22.4 Å². The van der Waals surface area contributed by atoms with Crippen LogP contribution in [0, 0.1) is 0 Å². The second-order valence-electron chi connectivity index (χ2n) is 10.1. The first-order chi connectivity index (χ1) is 18.8. The SMILES string of the molecule is C1=CCC(c2cc(-c3ccccc3)n3c(nc4cc5[nH]c6ccccc6c5cc43)c2-c2ccccc2)C=C1. The summed E-state index contributed by atoms with van der Waals surface area (Å²) < 4.78 is 2.38. The molecule has 3 aromatic heterocycles. The first-order valence-electron chi connectivity index (χ1n) is 13.2. The number of hydrogen-bond acceptors (Lipinski definition) is 1. The number of para-hydroxylation sites is 1. The fourth-order valence-corrected chi connectivity index (χ4v) is 6.07. The summed E-state index contributed by atoms with van der Waals surface area (Å²) in [7, 11) is 0. The first-order valence-corrected chi connectivity index (χ1v) is 13.2. The van der Waals surface area contributed by atoms with E-state index in [4.69, 9.17) is 4.98 Å². The van der Waals surface area contributed by atoms with E-state index in [2.05, 4.69) is 137 Å². The summed E-state index contributed by atoms with van der Waals surface area (Å²) in [6, 6.07) is 36.9. The third kappa shape index (κ3) is 3.18. The fourth-order valence-electron chi connectivity index (χ4n) is 6.07. The number of fused-ring (bicyclic) bond motifs is 6. The topological polar surface area (TPSA) is 33.1 Å². The number of aromatic nitrogens is 3. The Bertz CT molecular complexity index is 2040. The largest absolute Gasteiger partial charge is 0.354 e. The van der Waals surface area contributed by atoms with Gasteiger partial charge in [0, 0.05) is 33.3 Å². The molecule has 1 atom stereocenters. The van der Waals surface area contributed by atoms with E-state index >= 15 is 0 Å². The molecule has 180 valence electrons. The van der Waals surface area contributed by atoms with Crippen LogP contribution < -0.4 is 0 Å². The molecule has 1 N–H and O–H groups in total. The standard InChI is InChI=1S/C35H25N3/c1-4-12-23(13-5-1)27-20-32(24-14-6-2-7-15-24)38-33-21-28-26-18-10-11-19-29(26)36-30(28)22-31(33)37-35(38)34(27)25-16-8-3-9-17-25/h1-12,14-23,36H,13H2. The van der Waals surface area contributed by atoms with Gasteiger partial charge >= 0.3 is 0 Å². The lowest BCUT2D eigenvalue weighted by Crippen LogP contribution is -2.05. The van der Waals surface area contributed by atoms with Gasteiger partial charge in [-0.15, -0.1) is 0 Å². The highest BCUT2D eigenvalue weighted by Crippen LogP contribution is 2.41. The van der Waals surface area contributed by atoms with Crippen LogP contribution in [-0.4, -0.2) is 14.4 Å². The number of allylic oxidation sites excluding steroid dienone is 4. The molecule has 1 unspecified atom stereocenters. The second-order valence-corrected chi connectivity index (χ2v) is 10.1. The van der Waals surface area contributed by atoms with Crippen LogP contribution in [0.4, 0.5) is 0 Å². The molecule has 0 bridgehead atoms. The van der Waals surface area contributed by atoms with Crippen molar-refractivity contribution in [2.45, 2.75) is 12.3 Å². The Hall–Kier alpha value is -4.89. The van der Waals surface area contributed by atoms with E-state index in [-0.39, 0.29) is 0 Å². The lowest BCUT2D eigenvalue weighted by Gasteiger charge is -2.21. The Morgan fingerprint density at radius 1 is 0.711 bits per heavy atom. The van der Waals surface area contributed by atoms with E-state index in [0.29, 0.717) is 5.92 Å². The van der Waals surface area contributed by atoms with Crippen molar-refractivity contribution in [2.24, 2.45) is 0 Å². The zero-order valence-electron chi connectivity index (χ0n) is 20.8. The number of imidazole rings is 1. The predicted molar refractivity (Wildman–Crippen MR) is 159 cm³/mol. The minimum atomic E-state index is 0.293. The molecular weight excluding hydrogens is 462 g/mol. The second kappa shape index (κ2) is 8.32. The van der Waals surface area contributed by atoms with Crippen LogP contribution in [0.1, 0.15) is 17.9 Å². The van der Waals surface area contributed by atoms with Crippen LogP contribution in [-0.2, 0) is 0 Å². The molecule has 1 aliphatic carbocycles. The minimum absolute atomic E-state index is 0.293. The molecule has 0 radical (unpaired) electrons. The quantitative estimate of drug-likeness (QED) is 0.265. The van der Waals surface area contributed by atoms with Gasteiger partial charge in [-0.1, -0.05) is 103 Å². The molecule has 4 aromatic carbocycles. The van der Waals surface area contributed by atoms with Crippen molar-refractivity contribution < 1.29 is 0 Å². The number of H-pyrrole nitrogens is 1. The molecule has 3 heteroatoms. The molecular formula is C35H25N3. The molecule has 0 fully saturated rings. The maximum Gasteiger partial charge on any atom is 0.146 e. The average molecular weight is 488 g/mol. The zero-order chi connectivity index (χ0) is 25.1. The number of rotatable bonds is 3. The number of hydrogen-bond donors (Lipinski definition) is 1. The van der Waals surface area contributed by atoms with Gasteiger partial charge in [0.05, 0.1) is 16.7 Å². The van der Waals surface area contributed by atoms with Crippen molar-refractivity contribution >= 4 is 38.5 Å². The van der Waals surface area contributed by atoms with Crippen LogP contribution in [0.3, 0.4) is 0 Å². The minimum Gasteiger partial charge on any atom is -0.354 e. The third-order valence-electron chi connectivity index (χ3n) is 7.84. The first kappa shape index (κ1) is 21.2. The van der Waals surface area contributed by atoms with Gasteiger partial charge in [-0.2, -0.15) is 0 Å². The molecule has 0 saturated carbocycles. The Morgan fingerprint density at radius 2 is 1.47 bits per heavy atom. The smallest absolute Gasteiger partial charge is 0.146 e. The normalized spacial score (nSPS) is 15.3. The highest BCUT2D eigenvalue weighted by Gasteiger charge is 2.23. The Morgan fingerprint density at radius 3 is 2.26 bits per heavy atom. The van der Waals surface area contributed by atoms with Crippen LogP contribution in [0.5, 0.6) is 0 Å². The monoisotopic (exact) mass is 487 g/mol. The molecule has 0 aliphatic heterocycles. The summed E-state index contributed by atoms with van der Waals surface area (Å²) in [6.45, 7) is 0. The van der Waals surface area contributed by atoms with Gasteiger partial charge in [0.25, 0.3) is 0 Å². The lowest BCUT2D eigenvalue weighted by molar-refractivity contribution is 0.854. The molecule has 0 spiro atoms. The summed E-state index contributed by atoms with van der Waals surface area (Å²) in [5, 5.41) is 2.46. The number of benzene rings is 4. The molecule has 3 heterocycles. The Labute approximate surface area is 220 Å². The van der Waals surface area contributed by atoms with E-state index in [1.807, 2.05) is 0 Å². The van der Waals surface area contributed by atoms with Gasteiger partial charge in [0.2, 0.25) is 0 Å².